The molecule has 62 heavy (non-hydrogen) atoms. The number of benzene rings is 7. The van der Waals surface area contributed by atoms with Crippen LogP contribution in [-0.4, -0.2) is 14.5 Å². The van der Waals surface area contributed by atoms with Crippen LogP contribution < -0.4 is 4.74 Å². The largest absolute Gasteiger partial charge is 2.00 e. The summed E-state index contributed by atoms with van der Waals surface area (Å²) in [5, 5.41) is 0. The molecule has 9 aromatic rings. The minimum atomic E-state index is -2.85. The molecule has 0 saturated heterocycles. The SMILES string of the molecule is [2H]c1c([2H])c(C([2H])([2H])[2H])c([2H])c([2H])c1-c1ccnc(-c2[c-]c(-c3cccc4c3nc(-c3cc(C)cc(C)c3O[CH2-])n4-c3cc(-c4ccccc4)c(C([2H])([2H])[2H])cc3-c3ccccc3)cc(C(C)(C)C)c2)c1.[Pt+2]. The van der Waals surface area contributed by atoms with Crippen molar-refractivity contribution in [1.82, 2.24) is 14.5 Å². The number of rotatable bonds is 8. The van der Waals surface area contributed by atoms with Gasteiger partial charge in [0.1, 0.15) is 5.82 Å². The molecule has 0 unspecified atom stereocenters. The number of imidazole rings is 1. The molecule has 0 aliphatic rings. The van der Waals surface area contributed by atoms with Gasteiger partial charge in [0.2, 0.25) is 0 Å². The van der Waals surface area contributed by atoms with Crippen LogP contribution in [0.4, 0.5) is 0 Å². The molecular formula is C57H49N3OPt. The fourth-order valence-electron chi connectivity index (χ4n) is 8.01. The third-order valence-electron chi connectivity index (χ3n) is 11.0. The van der Waals surface area contributed by atoms with Gasteiger partial charge in [-0.05, 0) is 108 Å². The van der Waals surface area contributed by atoms with E-state index in [0.29, 0.717) is 67.4 Å². The van der Waals surface area contributed by atoms with Crippen molar-refractivity contribution in [2.24, 2.45) is 0 Å². The van der Waals surface area contributed by atoms with Crippen LogP contribution in [0.25, 0.3) is 83.9 Å². The second-order valence-electron chi connectivity index (χ2n) is 16.3. The van der Waals surface area contributed by atoms with Crippen LogP contribution in [0.1, 0.15) is 62.3 Å². The Morgan fingerprint density at radius 1 is 0.645 bits per heavy atom. The van der Waals surface area contributed by atoms with Crippen molar-refractivity contribution in [1.29, 1.82) is 0 Å². The normalized spacial score (nSPS) is 14.2. The summed E-state index contributed by atoms with van der Waals surface area (Å²) in [6.45, 7) is 4.96. The van der Waals surface area contributed by atoms with Crippen LogP contribution in [-0.2, 0) is 26.5 Å². The minimum Gasteiger partial charge on any atom is -0.665 e. The molecule has 5 heteroatoms. The van der Waals surface area contributed by atoms with Gasteiger partial charge in [-0.3, -0.25) is 9.55 Å². The molecule has 0 N–H and O–H groups in total. The van der Waals surface area contributed by atoms with Crippen LogP contribution in [0, 0.1) is 40.7 Å². The monoisotopic (exact) mass is 996 g/mol. The maximum absolute atomic E-state index is 8.84. The predicted octanol–water partition coefficient (Wildman–Crippen LogP) is 14.9. The Morgan fingerprint density at radius 2 is 1.35 bits per heavy atom. The van der Waals surface area contributed by atoms with E-state index in [-0.39, 0.29) is 37.6 Å². The van der Waals surface area contributed by atoms with Gasteiger partial charge in [-0.2, -0.15) is 7.11 Å². The number of hydrogen-bond acceptors (Lipinski definition) is 3. The first-order valence-corrected chi connectivity index (χ1v) is 20.1. The molecule has 0 radical (unpaired) electrons. The van der Waals surface area contributed by atoms with E-state index in [1.165, 1.54) is 6.20 Å². The van der Waals surface area contributed by atoms with Crippen molar-refractivity contribution in [2.75, 3.05) is 0 Å². The first kappa shape index (κ1) is 31.5. The van der Waals surface area contributed by atoms with Crippen molar-refractivity contribution >= 4 is 11.0 Å². The van der Waals surface area contributed by atoms with E-state index in [0.717, 1.165) is 33.4 Å². The molecule has 0 spiro atoms. The Bertz CT molecular complexity index is 3520. The van der Waals surface area contributed by atoms with Gasteiger partial charge in [0.15, 0.2) is 0 Å². The summed E-state index contributed by atoms with van der Waals surface area (Å²) >= 11 is 0. The molecule has 0 aliphatic carbocycles. The van der Waals surface area contributed by atoms with Crippen LogP contribution in [0.3, 0.4) is 0 Å². The molecule has 2 heterocycles. The second-order valence-corrected chi connectivity index (χ2v) is 16.3. The topological polar surface area (TPSA) is 39.9 Å². The zero-order chi connectivity index (χ0) is 50.9. The van der Waals surface area contributed by atoms with Gasteiger partial charge in [0.05, 0.1) is 33.5 Å². The molecule has 0 saturated carbocycles. The van der Waals surface area contributed by atoms with Crippen LogP contribution in [0.2, 0.25) is 0 Å². The molecule has 9 rings (SSSR count). The summed E-state index contributed by atoms with van der Waals surface area (Å²) < 4.78 is 92.9. The minimum absolute atomic E-state index is 0. The summed E-state index contributed by atoms with van der Waals surface area (Å²) in [5.74, 6) is 1.06. The number of nitrogens with zero attached hydrogens (tertiary/aromatic N) is 3. The summed E-state index contributed by atoms with van der Waals surface area (Å²) in [7, 11) is 3.87. The quantitative estimate of drug-likeness (QED) is 0.142. The molecule has 0 atom stereocenters. The first-order valence-electron chi connectivity index (χ1n) is 25.1. The number of aromatic nitrogens is 3. The molecule has 2 aromatic heterocycles. The predicted molar refractivity (Wildman–Crippen MR) is 254 cm³/mol. The van der Waals surface area contributed by atoms with Crippen molar-refractivity contribution in [2.45, 2.75) is 53.7 Å². The van der Waals surface area contributed by atoms with E-state index in [4.69, 9.17) is 28.4 Å². The van der Waals surface area contributed by atoms with Gasteiger partial charge in [0.25, 0.3) is 0 Å². The van der Waals surface area contributed by atoms with Crippen LogP contribution in [0.15, 0.2) is 158 Å². The number of ether oxygens (including phenoxy) is 1. The molecule has 4 nitrogen and oxygen atoms in total. The number of fused-ring (bicyclic) bond motifs is 1. The Labute approximate surface area is 394 Å². The Morgan fingerprint density at radius 3 is 2.03 bits per heavy atom. The van der Waals surface area contributed by atoms with Crippen LogP contribution >= 0.6 is 0 Å². The van der Waals surface area contributed by atoms with E-state index in [2.05, 4.69) is 44.6 Å². The fourth-order valence-corrected chi connectivity index (χ4v) is 8.01. The van der Waals surface area contributed by atoms with E-state index >= 15 is 0 Å². The number of pyridine rings is 1. The van der Waals surface area contributed by atoms with Gasteiger partial charge in [-0.25, -0.2) is 4.98 Å². The smallest absolute Gasteiger partial charge is 0.665 e. The molecule has 308 valence electrons. The van der Waals surface area contributed by atoms with Gasteiger partial charge in [-0.15, -0.1) is 29.3 Å². The Hall–Kier alpha value is -6.35. The van der Waals surface area contributed by atoms with E-state index in [1.54, 1.807) is 18.2 Å². The Balaban J connectivity index is 0.00000693. The third-order valence-corrected chi connectivity index (χ3v) is 11.0. The molecule has 7 aromatic carbocycles. The average molecular weight is 997 g/mol. The maximum atomic E-state index is 8.84. The maximum Gasteiger partial charge on any atom is 2.00 e. The van der Waals surface area contributed by atoms with E-state index in [9.17, 15) is 0 Å². The summed E-state index contributed by atoms with van der Waals surface area (Å²) in [5.41, 5.74) is 10.1. The van der Waals surface area contributed by atoms with Crippen molar-refractivity contribution in [3.8, 4) is 78.6 Å². The number of hydrogen-bond donors (Lipinski definition) is 0. The summed E-state index contributed by atoms with van der Waals surface area (Å²) in [4.78, 5) is 10.3. The van der Waals surface area contributed by atoms with E-state index in [1.807, 2.05) is 117 Å². The zero-order valence-corrected chi connectivity index (χ0v) is 37.2. The zero-order valence-electron chi connectivity index (χ0n) is 45.0. The summed E-state index contributed by atoms with van der Waals surface area (Å²) in [6.07, 6.45) is 1.53. The third kappa shape index (κ3) is 8.08. The van der Waals surface area contributed by atoms with Gasteiger partial charge < -0.3 is 4.74 Å². The number of para-hydroxylation sites is 1. The van der Waals surface area contributed by atoms with Crippen molar-refractivity contribution in [3.63, 3.8) is 0 Å². The van der Waals surface area contributed by atoms with Crippen molar-refractivity contribution in [3.05, 3.63) is 199 Å². The Kier molecular flexibility index (Phi) is 8.73. The van der Waals surface area contributed by atoms with Gasteiger partial charge in [-0.1, -0.05) is 147 Å². The first-order chi connectivity index (χ1) is 33.6. The average Bonchev–Trinajstić information content (AvgIpc) is 3.72. The molecule has 0 amide bonds. The summed E-state index contributed by atoms with van der Waals surface area (Å²) in [6, 6.07) is 41.7. The molecule has 0 bridgehead atoms. The second kappa shape index (κ2) is 17.2. The van der Waals surface area contributed by atoms with Crippen LogP contribution in [0.5, 0.6) is 5.75 Å². The fraction of sp³-hybridized carbons (Fsp3) is 0.140. The number of aryl methyl sites for hydroxylation is 3. The van der Waals surface area contributed by atoms with E-state index < -0.39 is 43.4 Å². The molecule has 0 fully saturated rings. The van der Waals surface area contributed by atoms with Gasteiger partial charge in [0, 0.05) is 25.7 Å². The van der Waals surface area contributed by atoms with Crippen molar-refractivity contribution < 1.29 is 39.5 Å². The molecular weight excluding hydrogens is 938 g/mol. The molecule has 0 aliphatic heterocycles. The standard InChI is InChI=1S/C57H49N3O.Pt/c1-36-22-24-40(25-23-36)43-26-27-58-51(34-43)45-31-44(32-46(33-45)57(5,6)7)47-20-15-21-52-54(47)59-56(50-29-37(2)28-39(4)55(50)61-8)60(52)53-35-48(41-16-11-9-12-17-41)38(3)30-49(53)42-18-13-10-14-19-42;/h9-30,32-35H,8H2,1-7H3;/q-2;+2/i1D3,3D3,22D,23D,24D,25D;. The van der Waals surface area contributed by atoms with Gasteiger partial charge >= 0.3 is 21.1 Å².